The van der Waals surface area contributed by atoms with Gasteiger partial charge >= 0.3 is 13.7 Å². The van der Waals surface area contributed by atoms with Crippen molar-refractivity contribution in [3.05, 3.63) is 24.3 Å². The Morgan fingerprint density at radius 3 is 2.28 bits per heavy atom. The maximum absolute atomic E-state index is 14.1. The molecule has 0 saturated carbocycles. The minimum Gasteiger partial charge on any atom is -0.497 e. The Labute approximate surface area is 209 Å². The number of esters is 1. The number of hydrogen-bond donors (Lipinski definition) is 5. The SMILES string of the molecule is CCOC(=O)[C@@H](NP(=O)(Oc1ccc(OC)cc1)O[C@H]1[C@H](O)[C@@H](CO)OC(O)[C@@H]1NC(C)=O)C(C)C. The summed E-state index contributed by atoms with van der Waals surface area (Å²) in [6, 6.07) is 3.43. The molecular weight excluding hydrogens is 499 g/mol. The molecule has 36 heavy (non-hydrogen) atoms. The van der Waals surface area contributed by atoms with Gasteiger partial charge < -0.3 is 39.4 Å². The Morgan fingerprint density at radius 1 is 1.17 bits per heavy atom. The molecule has 1 saturated heterocycles. The van der Waals surface area contributed by atoms with Crippen LogP contribution in [0.4, 0.5) is 0 Å². The molecule has 14 heteroatoms. The predicted octanol–water partition coefficient (Wildman–Crippen LogP) is 0.320. The molecule has 0 radical (unpaired) electrons. The van der Waals surface area contributed by atoms with Gasteiger partial charge in [-0.15, -0.1) is 0 Å². The highest BCUT2D eigenvalue weighted by Crippen LogP contribution is 2.48. The van der Waals surface area contributed by atoms with Crippen LogP contribution in [0.25, 0.3) is 0 Å². The van der Waals surface area contributed by atoms with Gasteiger partial charge in [0.1, 0.15) is 41.9 Å². The zero-order valence-electron chi connectivity index (χ0n) is 20.8. The number of nitrogens with one attached hydrogen (secondary N) is 2. The molecular formula is C22H35N2O11P. The van der Waals surface area contributed by atoms with Crippen LogP contribution in [0.1, 0.15) is 27.7 Å². The number of amides is 1. The molecule has 2 unspecified atom stereocenters. The van der Waals surface area contributed by atoms with Crippen molar-refractivity contribution in [2.45, 2.75) is 64.4 Å². The first-order valence-electron chi connectivity index (χ1n) is 11.4. The Hall–Kier alpha value is -2.25. The summed E-state index contributed by atoms with van der Waals surface area (Å²) < 4.78 is 40.9. The van der Waals surface area contributed by atoms with E-state index in [1.807, 2.05) is 0 Å². The average molecular weight is 534 g/mol. The summed E-state index contributed by atoms with van der Waals surface area (Å²) in [5.74, 6) is -1.18. The largest absolute Gasteiger partial charge is 0.497 e. The maximum atomic E-state index is 14.1. The number of carbonyl (C=O) groups excluding carboxylic acids is 2. The van der Waals surface area contributed by atoms with Crippen LogP contribution in [0.3, 0.4) is 0 Å². The highest BCUT2D eigenvalue weighted by Gasteiger charge is 2.50. The topological polar surface area (TPSA) is 182 Å². The number of aliphatic hydroxyl groups excluding tert-OH is 3. The average Bonchev–Trinajstić information content (AvgIpc) is 2.82. The molecule has 5 N–H and O–H groups in total. The number of benzene rings is 1. The molecule has 0 aromatic heterocycles. The quantitative estimate of drug-likeness (QED) is 0.183. The van der Waals surface area contributed by atoms with E-state index in [1.54, 1.807) is 32.9 Å². The van der Waals surface area contributed by atoms with Crippen LogP contribution in [0.5, 0.6) is 11.5 Å². The van der Waals surface area contributed by atoms with E-state index in [9.17, 15) is 29.5 Å². The van der Waals surface area contributed by atoms with Crippen LogP contribution in [-0.2, 0) is 28.2 Å². The molecule has 0 spiro atoms. The maximum Gasteiger partial charge on any atom is 0.459 e. The van der Waals surface area contributed by atoms with E-state index >= 15 is 0 Å². The highest BCUT2D eigenvalue weighted by atomic mass is 31.2. The van der Waals surface area contributed by atoms with E-state index in [0.29, 0.717) is 5.75 Å². The highest BCUT2D eigenvalue weighted by molar-refractivity contribution is 7.52. The third kappa shape index (κ3) is 7.87. The number of aliphatic hydroxyl groups is 3. The van der Waals surface area contributed by atoms with Crippen molar-refractivity contribution in [1.29, 1.82) is 0 Å². The molecule has 1 aliphatic heterocycles. The number of methoxy groups -OCH3 is 1. The van der Waals surface area contributed by atoms with Gasteiger partial charge in [-0.05, 0) is 37.1 Å². The van der Waals surface area contributed by atoms with E-state index in [2.05, 4.69) is 10.4 Å². The number of carbonyl (C=O) groups is 2. The summed E-state index contributed by atoms with van der Waals surface area (Å²) >= 11 is 0. The van der Waals surface area contributed by atoms with Gasteiger partial charge in [-0.1, -0.05) is 13.8 Å². The number of hydrogen-bond acceptors (Lipinski definition) is 11. The van der Waals surface area contributed by atoms with Crippen LogP contribution < -0.4 is 19.7 Å². The minimum absolute atomic E-state index is 0.0647. The van der Waals surface area contributed by atoms with Gasteiger partial charge in [0.25, 0.3) is 0 Å². The van der Waals surface area contributed by atoms with Crippen LogP contribution in [-0.4, -0.2) is 84.2 Å². The summed E-state index contributed by atoms with van der Waals surface area (Å²) in [6.07, 6.45) is -6.28. The van der Waals surface area contributed by atoms with E-state index in [-0.39, 0.29) is 12.4 Å². The zero-order chi connectivity index (χ0) is 27.0. The van der Waals surface area contributed by atoms with E-state index < -0.39 is 68.8 Å². The Morgan fingerprint density at radius 2 is 1.78 bits per heavy atom. The first-order valence-corrected chi connectivity index (χ1v) is 12.9. The van der Waals surface area contributed by atoms with Crippen LogP contribution in [0.2, 0.25) is 0 Å². The molecule has 0 aliphatic carbocycles. The molecule has 1 aliphatic rings. The Balaban J connectivity index is 2.48. The van der Waals surface area contributed by atoms with Crippen molar-refractivity contribution in [3.63, 3.8) is 0 Å². The monoisotopic (exact) mass is 534 g/mol. The molecule has 7 atom stereocenters. The fourth-order valence-corrected chi connectivity index (χ4v) is 5.36. The third-order valence-electron chi connectivity index (χ3n) is 5.29. The van der Waals surface area contributed by atoms with E-state index in [4.69, 9.17) is 23.3 Å². The van der Waals surface area contributed by atoms with Gasteiger partial charge in [0.2, 0.25) is 5.91 Å². The van der Waals surface area contributed by atoms with Gasteiger partial charge in [0.15, 0.2) is 6.29 Å². The second kappa shape index (κ2) is 13.3. The zero-order valence-corrected chi connectivity index (χ0v) is 21.7. The number of ether oxygens (including phenoxy) is 3. The first kappa shape index (κ1) is 30.0. The van der Waals surface area contributed by atoms with Crippen molar-refractivity contribution in [2.75, 3.05) is 20.3 Å². The first-order chi connectivity index (χ1) is 16.9. The van der Waals surface area contributed by atoms with Crippen LogP contribution in [0, 0.1) is 5.92 Å². The van der Waals surface area contributed by atoms with Crippen molar-refractivity contribution < 1.29 is 52.7 Å². The standard InChI is InChI=1S/C22H35N2O11P/c1-6-32-21(28)17(12(2)3)24-36(30,34-15-9-7-14(31-5)8-10-15)35-20-18(23-13(4)26)22(29)33-16(11-25)19(20)27/h7-10,12,16-20,22,25,27,29H,6,11H2,1-5H3,(H,23,26)(H,24,30)/t16-,17+,18-,19-,20-,22?,36?/m1/s1. The lowest BCUT2D eigenvalue weighted by molar-refractivity contribution is -0.250. The molecule has 204 valence electrons. The smallest absolute Gasteiger partial charge is 0.459 e. The molecule has 1 aromatic carbocycles. The molecule has 1 fully saturated rings. The predicted molar refractivity (Wildman–Crippen MR) is 126 cm³/mol. The summed E-state index contributed by atoms with van der Waals surface area (Å²) in [5.41, 5.74) is 0. The molecule has 2 rings (SSSR count). The lowest BCUT2D eigenvalue weighted by atomic mass is 9.97. The van der Waals surface area contributed by atoms with Crippen molar-refractivity contribution >= 4 is 19.6 Å². The van der Waals surface area contributed by atoms with E-state index in [1.165, 1.54) is 19.2 Å². The molecule has 0 bridgehead atoms. The second-order valence-electron chi connectivity index (χ2n) is 8.40. The van der Waals surface area contributed by atoms with Crippen molar-refractivity contribution in [2.24, 2.45) is 5.92 Å². The van der Waals surface area contributed by atoms with Gasteiger partial charge in [-0.25, -0.2) is 4.57 Å². The normalized spacial score (nSPS) is 26.5. The summed E-state index contributed by atoms with van der Waals surface area (Å²) in [7, 11) is -3.09. The van der Waals surface area contributed by atoms with Crippen LogP contribution in [0.15, 0.2) is 24.3 Å². The lowest BCUT2D eigenvalue weighted by Crippen LogP contribution is -2.64. The summed E-state index contributed by atoms with van der Waals surface area (Å²) in [4.78, 5) is 24.3. The minimum atomic E-state index is -4.55. The molecule has 1 heterocycles. The summed E-state index contributed by atoms with van der Waals surface area (Å²) in [6.45, 7) is 5.51. The summed E-state index contributed by atoms with van der Waals surface area (Å²) in [5, 5.41) is 35.7. The Kier molecular flexibility index (Phi) is 11.1. The van der Waals surface area contributed by atoms with Gasteiger partial charge in [-0.2, -0.15) is 5.09 Å². The van der Waals surface area contributed by atoms with Crippen molar-refractivity contribution in [1.82, 2.24) is 10.4 Å². The lowest BCUT2D eigenvalue weighted by Gasteiger charge is -2.43. The van der Waals surface area contributed by atoms with Gasteiger partial charge in [-0.3, -0.25) is 14.1 Å². The fraction of sp³-hybridized carbons (Fsp3) is 0.636. The van der Waals surface area contributed by atoms with E-state index in [0.717, 1.165) is 6.92 Å². The van der Waals surface area contributed by atoms with Gasteiger partial charge in [0.05, 0.1) is 20.3 Å². The number of rotatable bonds is 12. The molecule has 13 nitrogen and oxygen atoms in total. The van der Waals surface area contributed by atoms with Crippen molar-refractivity contribution in [3.8, 4) is 11.5 Å². The Bertz CT molecular complexity index is 914. The second-order valence-corrected chi connectivity index (χ2v) is 10.0. The fourth-order valence-electron chi connectivity index (χ4n) is 3.49. The van der Waals surface area contributed by atoms with Gasteiger partial charge in [0, 0.05) is 6.92 Å². The van der Waals surface area contributed by atoms with Crippen LogP contribution >= 0.6 is 7.75 Å². The third-order valence-corrected chi connectivity index (χ3v) is 6.86. The molecule has 1 amide bonds. The molecule has 1 aromatic rings.